The summed E-state index contributed by atoms with van der Waals surface area (Å²) in [5, 5.41) is 63.9. The minimum atomic E-state index is -2.10. The van der Waals surface area contributed by atoms with E-state index in [2.05, 4.69) is 0 Å². The van der Waals surface area contributed by atoms with Gasteiger partial charge in [-0.2, -0.15) is 0 Å². The highest BCUT2D eigenvalue weighted by Gasteiger charge is 2.51. The Bertz CT molecular complexity index is 1220. The lowest BCUT2D eigenvalue weighted by molar-refractivity contribution is -0.308. The molecule has 4 heterocycles. The first-order valence-corrected chi connectivity index (χ1v) is 15.9. The van der Waals surface area contributed by atoms with E-state index in [4.69, 9.17) is 29.4 Å². The lowest BCUT2D eigenvalue weighted by atomic mass is 9.83. The number of allylic oxidation sites excluding steroid dienone is 6. The van der Waals surface area contributed by atoms with E-state index in [-0.39, 0.29) is 25.4 Å². The van der Waals surface area contributed by atoms with E-state index in [1.165, 1.54) is 12.2 Å². The average molecular weight is 666 g/mol. The topological polar surface area (TPSA) is 231 Å². The van der Waals surface area contributed by atoms with E-state index in [0.717, 1.165) is 0 Å². The maximum Gasteiger partial charge on any atom is 0.330 e. The number of cyclic esters (lactones) is 1. The average Bonchev–Trinajstić information content (AvgIpc) is 3.72. The SMILES string of the molecule is C[C@@H]1C\C=C/C=C/C=C/C=C/[C@H](O[C@@H]2O[C@H](C)C(O)[C@H](N)[C@@H]2O)C[C@@H]2O[C@](O)(C[C@@H](O)C[C@@H]3O[C@@H]3/C=C\C(=O)O1)C[C@H](O)[C@H]2C(=O)O. The van der Waals surface area contributed by atoms with Gasteiger partial charge in [0.25, 0.3) is 0 Å². The summed E-state index contributed by atoms with van der Waals surface area (Å²) >= 11 is 0. The summed E-state index contributed by atoms with van der Waals surface area (Å²) in [5.74, 6) is -5.45. The number of rotatable bonds is 3. The van der Waals surface area contributed by atoms with Crippen LogP contribution in [-0.2, 0) is 33.3 Å². The highest BCUT2D eigenvalue weighted by atomic mass is 16.7. The number of epoxide rings is 1. The fourth-order valence-corrected chi connectivity index (χ4v) is 6.00. The lowest BCUT2D eigenvalue weighted by Crippen LogP contribution is -2.61. The molecule has 4 rings (SSSR count). The van der Waals surface area contributed by atoms with Crippen molar-refractivity contribution < 1.29 is 63.9 Å². The van der Waals surface area contributed by atoms with Gasteiger partial charge in [-0.05, 0) is 19.9 Å². The number of aliphatic hydroxyl groups excluding tert-OH is 4. The molecule has 0 amide bonds. The number of nitrogens with two attached hydrogens (primary N) is 1. The van der Waals surface area contributed by atoms with Crippen LogP contribution in [-0.4, -0.2) is 122 Å². The van der Waals surface area contributed by atoms with Crippen LogP contribution in [0.2, 0.25) is 0 Å². The Morgan fingerprint density at radius 1 is 0.936 bits per heavy atom. The quantitative estimate of drug-likeness (QED) is 0.157. The predicted molar refractivity (Wildman–Crippen MR) is 165 cm³/mol. The van der Waals surface area contributed by atoms with Crippen LogP contribution in [0.3, 0.4) is 0 Å². The largest absolute Gasteiger partial charge is 0.481 e. The Morgan fingerprint density at radius 2 is 1.64 bits per heavy atom. The van der Waals surface area contributed by atoms with Gasteiger partial charge < -0.3 is 60.1 Å². The summed E-state index contributed by atoms with van der Waals surface area (Å²) in [6.07, 6.45) is 5.25. The molecule has 4 aliphatic heterocycles. The fraction of sp³-hybridized carbons (Fsp3) is 0.636. The summed E-state index contributed by atoms with van der Waals surface area (Å²) in [6.45, 7) is 3.34. The van der Waals surface area contributed by atoms with Gasteiger partial charge in [-0.3, -0.25) is 4.79 Å². The number of carboxylic acid groups (broad SMARTS) is 1. The van der Waals surface area contributed by atoms with Gasteiger partial charge in [-0.25, -0.2) is 4.79 Å². The van der Waals surface area contributed by atoms with Crippen molar-refractivity contribution in [2.24, 2.45) is 11.7 Å². The molecular formula is C33H47NO13. The molecular weight excluding hydrogens is 618 g/mol. The van der Waals surface area contributed by atoms with Crippen molar-refractivity contribution in [1.29, 1.82) is 0 Å². The minimum absolute atomic E-state index is 0.0789. The summed E-state index contributed by atoms with van der Waals surface area (Å²) in [4.78, 5) is 24.4. The van der Waals surface area contributed by atoms with Gasteiger partial charge in [0.05, 0.1) is 48.8 Å². The number of aliphatic hydroxyl groups is 5. The summed E-state index contributed by atoms with van der Waals surface area (Å²) in [7, 11) is 0. The van der Waals surface area contributed by atoms with E-state index >= 15 is 0 Å². The minimum Gasteiger partial charge on any atom is -0.481 e. The molecule has 0 aliphatic carbocycles. The first-order chi connectivity index (χ1) is 22.3. The van der Waals surface area contributed by atoms with Crippen molar-refractivity contribution in [2.75, 3.05) is 0 Å². The van der Waals surface area contributed by atoms with Gasteiger partial charge in [0.15, 0.2) is 12.1 Å². The molecule has 0 aromatic carbocycles. The van der Waals surface area contributed by atoms with Crippen molar-refractivity contribution in [3.05, 3.63) is 60.8 Å². The van der Waals surface area contributed by atoms with E-state index in [1.54, 1.807) is 56.4 Å². The molecule has 4 aliphatic rings. The summed E-state index contributed by atoms with van der Waals surface area (Å²) in [5.41, 5.74) is 5.98. The van der Waals surface area contributed by atoms with Crippen molar-refractivity contribution in [2.45, 2.75) is 125 Å². The molecule has 14 heteroatoms. The number of carbonyl (C=O) groups is 2. The van der Waals surface area contributed by atoms with Crippen molar-refractivity contribution in [3.63, 3.8) is 0 Å². The van der Waals surface area contributed by atoms with Crippen LogP contribution in [0.1, 0.15) is 46.0 Å². The number of fused-ring (bicyclic) bond motifs is 3. The molecule has 3 fully saturated rings. The van der Waals surface area contributed by atoms with Crippen LogP contribution in [0.5, 0.6) is 0 Å². The van der Waals surface area contributed by atoms with E-state index < -0.39 is 97.3 Å². The Labute approximate surface area is 273 Å². The Balaban J connectivity index is 1.58. The molecule has 0 saturated carbocycles. The third-order valence-corrected chi connectivity index (χ3v) is 8.58. The molecule has 262 valence electrons. The maximum atomic E-state index is 12.3. The predicted octanol–water partition coefficient (Wildman–Crippen LogP) is 0.120. The molecule has 47 heavy (non-hydrogen) atoms. The molecule has 14 nitrogen and oxygen atoms in total. The molecule has 1 unspecified atom stereocenters. The number of aliphatic carboxylic acids is 1. The second-order valence-electron chi connectivity index (χ2n) is 12.6. The van der Waals surface area contributed by atoms with Crippen LogP contribution in [0.15, 0.2) is 60.8 Å². The molecule has 0 radical (unpaired) electrons. The van der Waals surface area contributed by atoms with Crippen LogP contribution in [0, 0.1) is 5.92 Å². The van der Waals surface area contributed by atoms with Crippen LogP contribution in [0.25, 0.3) is 0 Å². The Kier molecular flexibility index (Phi) is 13.1. The monoisotopic (exact) mass is 665 g/mol. The van der Waals surface area contributed by atoms with Crippen molar-refractivity contribution >= 4 is 11.9 Å². The molecule has 14 atom stereocenters. The van der Waals surface area contributed by atoms with Gasteiger partial charge in [0.2, 0.25) is 0 Å². The lowest BCUT2D eigenvalue weighted by Gasteiger charge is -2.45. The van der Waals surface area contributed by atoms with Crippen molar-refractivity contribution in [3.8, 4) is 0 Å². The number of ether oxygens (including phenoxy) is 5. The zero-order valence-corrected chi connectivity index (χ0v) is 26.4. The van der Waals surface area contributed by atoms with Gasteiger partial charge in [0, 0.05) is 38.2 Å². The van der Waals surface area contributed by atoms with Gasteiger partial charge >= 0.3 is 11.9 Å². The normalized spacial score (nSPS) is 47.2. The van der Waals surface area contributed by atoms with E-state index in [0.29, 0.717) is 6.42 Å². The molecule has 2 bridgehead atoms. The summed E-state index contributed by atoms with van der Waals surface area (Å²) < 4.78 is 28.5. The maximum absolute atomic E-state index is 12.3. The third-order valence-electron chi connectivity index (χ3n) is 8.58. The third kappa shape index (κ3) is 10.6. The number of hydrogen-bond donors (Lipinski definition) is 7. The van der Waals surface area contributed by atoms with Crippen LogP contribution in [0.4, 0.5) is 0 Å². The van der Waals surface area contributed by atoms with Gasteiger partial charge in [-0.15, -0.1) is 0 Å². The molecule has 3 saturated heterocycles. The fourth-order valence-electron chi connectivity index (χ4n) is 6.00. The second kappa shape index (κ2) is 16.6. The van der Waals surface area contributed by atoms with Crippen LogP contribution >= 0.6 is 0 Å². The molecule has 8 N–H and O–H groups in total. The van der Waals surface area contributed by atoms with Gasteiger partial charge in [0.1, 0.15) is 24.2 Å². The van der Waals surface area contributed by atoms with Crippen molar-refractivity contribution in [1.82, 2.24) is 0 Å². The van der Waals surface area contributed by atoms with E-state index in [9.17, 15) is 40.2 Å². The number of hydrogen-bond acceptors (Lipinski definition) is 13. The summed E-state index contributed by atoms with van der Waals surface area (Å²) in [6, 6.07) is -1.08. The molecule has 0 aromatic rings. The highest BCUT2D eigenvalue weighted by Crippen LogP contribution is 2.39. The van der Waals surface area contributed by atoms with Gasteiger partial charge in [-0.1, -0.05) is 48.6 Å². The zero-order valence-electron chi connectivity index (χ0n) is 26.4. The standard InChI is InChI=1S/C33H47NO13/c1-18-10-8-6-4-3-5-7-9-11-21(45-32-30(39)28(34)29(38)19(2)44-32)15-25-27(31(40)41)22(36)17-33(42,47-25)16-20(35)14-24-23(46-24)12-13-26(37)43-18/h3-9,11-13,18-25,27-30,32,35-36,38-39,42H,10,14-17,34H2,1-2H3,(H,40,41)/b4-3+,7-5+,8-6-,11-9+,13-12-/t18-,19-,20+,21+,22+,23-,24+,25+,27-,28+,29?,30+,32+,33-/m1/s1. The molecule has 0 aromatic heterocycles. The Hall–Kier alpha value is -2.76. The number of carbonyl (C=O) groups excluding carboxylic acids is 1. The first-order valence-electron chi connectivity index (χ1n) is 15.9. The number of esters is 1. The zero-order chi connectivity index (χ0) is 34.3. The van der Waals surface area contributed by atoms with E-state index in [1.807, 2.05) is 6.08 Å². The Morgan fingerprint density at radius 3 is 2.36 bits per heavy atom. The second-order valence-corrected chi connectivity index (χ2v) is 12.6. The van der Waals surface area contributed by atoms with Crippen LogP contribution < -0.4 is 5.73 Å². The smallest absolute Gasteiger partial charge is 0.330 e. The number of carboxylic acids is 1. The highest BCUT2D eigenvalue weighted by molar-refractivity contribution is 5.82. The molecule has 0 spiro atoms. The first kappa shape index (κ1) is 37.1.